The second-order valence-electron chi connectivity index (χ2n) is 2.89. The van der Waals surface area contributed by atoms with Crippen molar-refractivity contribution in [3.63, 3.8) is 0 Å². The highest BCUT2D eigenvalue weighted by Crippen LogP contribution is 2.25. The van der Waals surface area contributed by atoms with Crippen LogP contribution in [0.5, 0.6) is 0 Å². The van der Waals surface area contributed by atoms with Crippen molar-refractivity contribution in [2.45, 2.75) is 32.6 Å². The minimum absolute atomic E-state index is 0.922. The average Bonchev–Trinajstić information content (AvgIpc) is 2.04. The second-order valence-corrected chi connectivity index (χ2v) is 3.46. The van der Waals surface area contributed by atoms with Gasteiger partial charge >= 0.3 is 0 Å². The van der Waals surface area contributed by atoms with E-state index in [9.17, 15) is 0 Å². The fraction of sp³-hybridized carbons (Fsp3) is 0.667. The van der Waals surface area contributed by atoms with E-state index in [1.807, 2.05) is 14.0 Å². The lowest BCUT2D eigenvalue weighted by Gasteiger charge is -2.16. The van der Waals surface area contributed by atoms with Crippen LogP contribution in [-0.2, 0) is 0 Å². The predicted molar refractivity (Wildman–Crippen MR) is 50.4 cm³/mol. The zero-order valence-electron chi connectivity index (χ0n) is 7.15. The monoisotopic (exact) mass is 171 g/mol. The largest absolute Gasteiger partial charge is 0.293 e. The third-order valence-corrected chi connectivity index (χ3v) is 2.35. The Balaban J connectivity index is 2.84. The average molecular weight is 172 g/mol. The first kappa shape index (κ1) is 8.79. The third-order valence-electron chi connectivity index (χ3n) is 2.12. The summed E-state index contributed by atoms with van der Waals surface area (Å²) in [5, 5.41) is 0.922. The number of aliphatic imine (C=N–C) groups is 1. The summed E-state index contributed by atoms with van der Waals surface area (Å²) < 4.78 is 0. The van der Waals surface area contributed by atoms with E-state index in [0.717, 1.165) is 17.9 Å². The van der Waals surface area contributed by atoms with Crippen molar-refractivity contribution in [3.05, 3.63) is 10.6 Å². The molecule has 11 heavy (non-hydrogen) atoms. The summed E-state index contributed by atoms with van der Waals surface area (Å²) >= 11 is 5.93. The number of hydrogen-bond donors (Lipinski definition) is 0. The standard InChI is InChI=1S/C9H14ClN/c1-7(10)8-5-3-4-6-9(8)11-2/h3-6H2,1-2H3/b8-7+,11-9?. The summed E-state index contributed by atoms with van der Waals surface area (Å²) in [5.74, 6) is 0. The van der Waals surface area contributed by atoms with Crippen LogP contribution >= 0.6 is 11.6 Å². The molecule has 0 bridgehead atoms. The van der Waals surface area contributed by atoms with Gasteiger partial charge in [0.15, 0.2) is 0 Å². The lowest BCUT2D eigenvalue weighted by Crippen LogP contribution is -2.09. The van der Waals surface area contributed by atoms with Gasteiger partial charge in [-0.3, -0.25) is 4.99 Å². The SMILES string of the molecule is CN=C1CCCC/C1=C(/C)Cl. The number of nitrogens with zero attached hydrogens (tertiary/aromatic N) is 1. The topological polar surface area (TPSA) is 12.4 Å². The van der Waals surface area contributed by atoms with E-state index < -0.39 is 0 Å². The van der Waals surface area contributed by atoms with Gasteiger partial charge < -0.3 is 0 Å². The summed E-state index contributed by atoms with van der Waals surface area (Å²) in [4.78, 5) is 4.22. The van der Waals surface area contributed by atoms with Crippen molar-refractivity contribution in [1.82, 2.24) is 0 Å². The highest BCUT2D eigenvalue weighted by atomic mass is 35.5. The summed E-state index contributed by atoms with van der Waals surface area (Å²) in [5.41, 5.74) is 2.49. The molecule has 1 nitrogen and oxygen atoms in total. The maximum Gasteiger partial charge on any atom is 0.0388 e. The van der Waals surface area contributed by atoms with Gasteiger partial charge in [0.1, 0.15) is 0 Å². The van der Waals surface area contributed by atoms with Gasteiger partial charge in [0.2, 0.25) is 0 Å². The minimum atomic E-state index is 0.922. The molecule has 0 spiro atoms. The Kier molecular flexibility index (Phi) is 3.13. The van der Waals surface area contributed by atoms with Crippen LogP contribution in [0.15, 0.2) is 15.6 Å². The van der Waals surface area contributed by atoms with Crippen molar-refractivity contribution in [2.75, 3.05) is 7.05 Å². The zero-order chi connectivity index (χ0) is 8.27. The molecule has 0 amide bonds. The van der Waals surface area contributed by atoms with Gasteiger partial charge in [0, 0.05) is 17.8 Å². The Hall–Kier alpha value is -0.300. The molecule has 62 valence electrons. The van der Waals surface area contributed by atoms with E-state index in [1.165, 1.54) is 24.1 Å². The van der Waals surface area contributed by atoms with E-state index in [4.69, 9.17) is 11.6 Å². The summed E-state index contributed by atoms with van der Waals surface area (Å²) in [6.45, 7) is 1.95. The van der Waals surface area contributed by atoms with Crippen LogP contribution < -0.4 is 0 Å². The third kappa shape index (κ3) is 2.06. The molecule has 0 aromatic rings. The van der Waals surface area contributed by atoms with Crippen LogP contribution in [0, 0.1) is 0 Å². The highest BCUT2D eigenvalue weighted by molar-refractivity contribution is 6.32. The molecule has 0 N–H and O–H groups in total. The molecule has 1 saturated carbocycles. The first-order valence-electron chi connectivity index (χ1n) is 4.07. The van der Waals surface area contributed by atoms with Crippen molar-refractivity contribution in [3.8, 4) is 0 Å². The molecule has 1 aliphatic carbocycles. The van der Waals surface area contributed by atoms with Crippen molar-refractivity contribution in [1.29, 1.82) is 0 Å². The molecule has 0 aliphatic heterocycles. The molecule has 0 unspecified atom stereocenters. The number of halogens is 1. The van der Waals surface area contributed by atoms with E-state index in [-0.39, 0.29) is 0 Å². The van der Waals surface area contributed by atoms with Crippen molar-refractivity contribution in [2.24, 2.45) is 4.99 Å². The molecule has 0 radical (unpaired) electrons. The zero-order valence-corrected chi connectivity index (χ0v) is 7.91. The normalized spacial score (nSPS) is 27.4. The summed E-state index contributed by atoms with van der Waals surface area (Å²) in [7, 11) is 1.85. The maximum atomic E-state index is 5.93. The van der Waals surface area contributed by atoms with Crippen LogP contribution in [0.2, 0.25) is 0 Å². The lowest BCUT2D eigenvalue weighted by molar-refractivity contribution is 0.730. The van der Waals surface area contributed by atoms with Crippen molar-refractivity contribution >= 4 is 17.3 Å². The van der Waals surface area contributed by atoms with Crippen LogP contribution in [0.1, 0.15) is 32.6 Å². The highest BCUT2D eigenvalue weighted by Gasteiger charge is 2.13. The van der Waals surface area contributed by atoms with Gasteiger partial charge in [-0.1, -0.05) is 11.6 Å². The maximum absolute atomic E-state index is 5.93. The Morgan fingerprint density at radius 1 is 1.36 bits per heavy atom. The Bertz CT molecular complexity index is 200. The van der Waals surface area contributed by atoms with Crippen LogP contribution in [0.3, 0.4) is 0 Å². The Morgan fingerprint density at radius 3 is 2.45 bits per heavy atom. The van der Waals surface area contributed by atoms with Gasteiger partial charge in [-0.15, -0.1) is 0 Å². The van der Waals surface area contributed by atoms with E-state index in [1.54, 1.807) is 0 Å². The first-order valence-corrected chi connectivity index (χ1v) is 4.44. The van der Waals surface area contributed by atoms with Gasteiger partial charge in [0.25, 0.3) is 0 Å². The molecular formula is C9H14ClN. The molecule has 0 aromatic carbocycles. The molecule has 1 aliphatic rings. The van der Waals surface area contributed by atoms with Crippen LogP contribution in [0.25, 0.3) is 0 Å². The van der Waals surface area contributed by atoms with Gasteiger partial charge in [-0.2, -0.15) is 0 Å². The fourth-order valence-electron chi connectivity index (χ4n) is 1.51. The van der Waals surface area contributed by atoms with Gasteiger partial charge in [-0.25, -0.2) is 0 Å². The number of rotatable bonds is 0. The van der Waals surface area contributed by atoms with Crippen LogP contribution in [0.4, 0.5) is 0 Å². The van der Waals surface area contributed by atoms with Gasteiger partial charge in [-0.05, 0) is 38.2 Å². The smallest absolute Gasteiger partial charge is 0.0388 e. The molecule has 0 atom stereocenters. The predicted octanol–water partition coefficient (Wildman–Crippen LogP) is 3.14. The lowest BCUT2D eigenvalue weighted by atomic mass is 9.92. The second kappa shape index (κ2) is 3.91. The fourth-order valence-corrected chi connectivity index (χ4v) is 1.71. The van der Waals surface area contributed by atoms with Crippen molar-refractivity contribution < 1.29 is 0 Å². The molecular weight excluding hydrogens is 158 g/mol. The summed E-state index contributed by atoms with van der Waals surface area (Å²) in [6, 6.07) is 0. The van der Waals surface area contributed by atoms with E-state index in [2.05, 4.69) is 4.99 Å². The number of hydrogen-bond acceptors (Lipinski definition) is 1. The summed E-state index contributed by atoms with van der Waals surface area (Å²) in [6.07, 6.45) is 4.75. The quantitative estimate of drug-likeness (QED) is 0.531. The minimum Gasteiger partial charge on any atom is -0.293 e. The van der Waals surface area contributed by atoms with Crippen LogP contribution in [-0.4, -0.2) is 12.8 Å². The van der Waals surface area contributed by atoms with E-state index >= 15 is 0 Å². The molecule has 2 heteroatoms. The van der Waals surface area contributed by atoms with Gasteiger partial charge in [0.05, 0.1) is 0 Å². The molecule has 1 rings (SSSR count). The molecule has 0 aromatic heterocycles. The van der Waals surface area contributed by atoms with E-state index in [0.29, 0.717) is 0 Å². The Morgan fingerprint density at radius 2 is 2.00 bits per heavy atom. The molecule has 0 saturated heterocycles. The number of allylic oxidation sites excluding steroid dienone is 2. The molecule has 0 heterocycles. The molecule has 1 fully saturated rings. The first-order chi connectivity index (χ1) is 5.25. The Labute approximate surface area is 73.2 Å².